The predicted molar refractivity (Wildman–Crippen MR) is 45.4 cm³/mol. The fourth-order valence-electron chi connectivity index (χ4n) is 0.793. The van der Waals surface area contributed by atoms with E-state index in [1.807, 2.05) is 6.92 Å². The molecule has 0 spiro atoms. The highest BCUT2D eigenvalue weighted by molar-refractivity contribution is 5.70. The van der Waals surface area contributed by atoms with E-state index in [2.05, 4.69) is 9.84 Å². The molecule has 0 amide bonds. The summed E-state index contributed by atoms with van der Waals surface area (Å²) in [5.74, 6) is 0.177. The predicted octanol–water partition coefficient (Wildman–Crippen LogP) is 0.455. The van der Waals surface area contributed by atoms with Crippen molar-refractivity contribution in [2.45, 2.75) is 13.5 Å². The average molecular weight is 184 g/mol. The third-order valence-electron chi connectivity index (χ3n) is 1.52. The smallest absolute Gasteiger partial charge is 0.343 e. The normalized spacial score (nSPS) is 9.69. The molecule has 0 atom stereocenters. The fraction of sp³-hybridized carbons (Fsp3) is 0.500. The van der Waals surface area contributed by atoms with Gasteiger partial charge in [0.05, 0.1) is 19.5 Å². The zero-order chi connectivity index (χ0) is 9.68. The van der Waals surface area contributed by atoms with Gasteiger partial charge in [0.15, 0.2) is 12.4 Å². The van der Waals surface area contributed by atoms with Gasteiger partial charge in [0.2, 0.25) is 0 Å². The van der Waals surface area contributed by atoms with E-state index in [0.717, 1.165) is 6.54 Å². The van der Waals surface area contributed by atoms with Gasteiger partial charge >= 0.3 is 5.97 Å². The quantitative estimate of drug-likeness (QED) is 0.638. The maximum atomic E-state index is 10.7. The Balaban J connectivity index is 2.41. The van der Waals surface area contributed by atoms with Crippen molar-refractivity contribution in [1.29, 1.82) is 0 Å². The van der Waals surface area contributed by atoms with Gasteiger partial charge in [-0.25, -0.2) is 4.79 Å². The summed E-state index contributed by atoms with van der Waals surface area (Å²) in [6.07, 6.45) is 3.29. The molecule has 5 heteroatoms. The highest BCUT2D eigenvalue weighted by Gasteiger charge is 2.02. The minimum absolute atomic E-state index is 0.0775. The summed E-state index contributed by atoms with van der Waals surface area (Å²) in [6.45, 7) is 2.67. The first-order valence-electron chi connectivity index (χ1n) is 3.98. The van der Waals surface area contributed by atoms with Gasteiger partial charge in [-0.05, 0) is 6.92 Å². The van der Waals surface area contributed by atoms with Crippen LogP contribution >= 0.6 is 0 Å². The van der Waals surface area contributed by atoms with E-state index in [4.69, 9.17) is 4.74 Å². The van der Waals surface area contributed by atoms with Crippen LogP contribution < -0.4 is 4.74 Å². The Kier molecular flexibility index (Phi) is 3.31. The molecule has 13 heavy (non-hydrogen) atoms. The number of carbonyl (C=O) groups excluding carboxylic acids is 1. The van der Waals surface area contributed by atoms with Gasteiger partial charge in [0.25, 0.3) is 0 Å². The maximum absolute atomic E-state index is 10.7. The van der Waals surface area contributed by atoms with Gasteiger partial charge in [-0.3, -0.25) is 4.68 Å². The zero-order valence-corrected chi connectivity index (χ0v) is 7.69. The van der Waals surface area contributed by atoms with E-state index in [-0.39, 0.29) is 6.61 Å². The van der Waals surface area contributed by atoms with Crippen LogP contribution in [0.4, 0.5) is 0 Å². The van der Waals surface area contributed by atoms with Crippen molar-refractivity contribution < 1.29 is 14.3 Å². The van der Waals surface area contributed by atoms with Crippen LogP contribution in [0.2, 0.25) is 0 Å². The number of carbonyl (C=O) groups is 1. The van der Waals surface area contributed by atoms with Gasteiger partial charge < -0.3 is 9.47 Å². The third kappa shape index (κ3) is 2.77. The highest BCUT2D eigenvalue weighted by atomic mass is 16.6. The summed E-state index contributed by atoms with van der Waals surface area (Å²) in [7, 11) is 1.32. The lowest BCUT2D eigenvalue weighted by molar-refractivity contribution is -0.142. The first kappa shape index (κ1) is 9.57. The van der Waals surface area contributed by atoms with Crippen molar-refractivity contribution in [3.63, 3.8) is 0 Å². The van der Waals surface area contributed by atoms with Crippen molar-refractivity contribution in [3.05, 3.63) is 12.4 Å². The first-order chi connectivity index (χ1) is 6.26. The molecule has 0 saturated carbocycles. The molecule has 0 fully saturated rings. The molecule has 0 radical (unpaired) electrons. The number of hydrogen-bond donors (Lipinski definition) is 0. The molecule has 0 aliphatic carbocycles. The lowest BCUT2D eigenvalue weighted by Crippen LogP contribution is -2.12. The number of methoxy groups -OCH3 is 1. The second kappa shape index (κ2) is 4.49. The molecule has 0 aromatic carbocycles. The van der Waals surface area contributed by atoms with E-state index in [1.165, 1.54) is 7.11 Å². The minimum Gasteiger partial charge on any atom is -0.479 e. The number of rotatable bonds is 4. The summed E-state index contributed by atoms with van der Waals surface area (Å²) >= 11 is 0. The number of ether oxygens (including phenoxy) is 2. The van der Waals surface area contributed by atoms with Crippen LogP contribution in [0, 0.1) is 0 Å². The molecule has 1 aromatic rings. The van der Waals surface area contributed by atoms with Crippen LogP contribution in [-0.4, -0.2) is 29.5 Å². The monoisotopic (exact) mass is 184 g/mol. The molecule has 5 nitrogen and oxygen atoms in total. The lowest BCUT2D eigenvalue weighted by Gasteiger charge is -1.99. The molecular weight excluding hydrogens is 172 g/mol. The molecule has 0 aliphatic heterocycles. The van der Waals surface area contributed by atoms with E-state index >= 15 is 0 Å². The van der Waals surface area contributed by atoms with E-state index < -0.39 is 5.97 Å². The van der Waals surface area contributed by atoms with Gasteiger partial charge in [0.1, 0.15) is 0 Å². The molecule has 0 saturated heterocycles. The van der Waals surface area contributed by atoms with Crippen LogP contribution in [0.1, 0.15) is 6.92 Å². The van der Waals surface area contributed by atoms with Crippen LogP contribution in [-0.2, 0) is 16.1 Å². The first-order valence-corrected chi connectivity index (χ1v) is 3.98. The maximum Gasteiger partial charge on any atom is 0.343 e. The SMILES string of the molecule is CCn1cc(OCC(=O)OC)cn1. The highest BCUT2D eigenvalue weighted by Crippen LogP contribution is 2.07. The third-order valence-corrected chi connectivity index (χ3v) is 1.52. The topological polar surface area (TPSA) is 53.4 Å². The second-order valence-corrected chi connectivity index (χ2v) is 2.40. The number of esters is 1. The van der Waals surface area contributed by atoms with Crippen molar-refractivity contribution in [1.82, 2.24) is 9.78 Å². The Morgan fingerprint density at radius 3 is 3.00 bits per heavy atom. The van der Waals surface area contributed by atoms with E-state index in [1.54, 1.807) is 17.1 Å². The number of aryl methyl sites for hydroxylation is 1. The molecular formula is C8H12N2O3. The Morgan fingerprint density at radius 2 is 2.46 bits per heavy atom. The second-order valence-electron chi connectivity index (χ2n) is 2.40. The van der Waals surface area contributed by atoms with Crippen molar-refractivity contribution >= 4 is 5.97 Å². The van der Waals surface area contributed by atoms with Gasteiger partial charge in [-0.2, -0.15) is 5.10 Å². The zero-order valence-electron chi connectivity index (χ0n) is 7.69. The van der Waals surface area contributed by atoms with Gasteiger partial charge in [-0.15, -0.1) is 0 Å². The molecule has 0 unspecified atom stereocenters. The number of nitrogens with zero attached hydrogens (tertiary/aromatic N) is 2. The van der Waals surface area contributed by atoms with E-state index in [0.29, 0.717) is 5.75 Å². The van der Waals surface area contributed by atoms with Crippen molar-refractivity contribution in [2.24, 2.45) is 0 Å². The van der Waals surface area contributed by atoms with Crippen LogP contribution in [0.15, 0.2) is 12.4 Å². The summed E-state index contributed by atoms with van der Waals surface area (Å²) < 4.78 is 11.2. The van der Waals surface area contributed by atoms with Crippen LogP contribution in [0.25, 0.3) is 0 Å². The van der Waals surface area contributed by atoms with Crippen molar-refractivity contribution in [3.8, 4) is 5.75 Å². The largest absolute Gasteiger partial charge is 0.479 e. The Morgan fingerprint density at radius 1 is 1.69 bits per heavy atom. The number of hydrogen-bond acceptors (Lipinski definition) is 4. The summed E-state index contributed by atoms with van der Waals surface area (Å²) in [4.78, 5) is 10.7. The van der Waals surface area contributed by atoms with Gasteiger partial charge in [-0.1, -0.05) is 0 Å². The summed E-state index contributed by atoms with van der Waals surface area (Å²) in [6, 6.07) is 0. The molecule has 0 bridgehead atoms. The molecule has 1 heterocycles. The minimum atomic E-state index is -0.399. The standard InChI is InChI=1S/C8H12N2O3/c1-3-10-5-7(4-9-10)13-6-8(11)12-2/h4-5H,3,6H2,1-2H3. The molecule has 72 valence electrons. The molecule has 0 N–H and O–H groups in total. The average Bonchev–Trinajstić information content (AvgIpc) is 2.61. The molecule has 1 rings (SSSR count). The lowest BCUT2D eigenvalue weighted by atomic mass is 10.6. The Hall–Kier alpha value is -1.52. The van der Waals surface area contributed by atoms with E-state index in [9.17, 15) is 4.79 Å². The number of aromatic nitrogens is 2. The summed E-state index contributed by atoms with van der Waals surface area (Å²) in [5, 5.41) is 3.98. The fourth-order valence-corrected chi connectivity index (χ4v) is 0.793. The summed E-state index contributed by atoms with van der Waals surface area (Å²) in [5.41, 5.74) is 0. The Bertz CT molecular complexity index is 283. The van der Waals surface area contributed by atoms with Crippen LogP contribution in [0.3, 0.4) is 0 Å². The Labute approximate surface area is 76.3 Å². The van der Waals surface area contributed by atoms with Crippen molar-refractivity contribution in [2.75, 3.05) is 13.7 Å². The molecule has 0 aliphatic rings. The molecule has 1 aromatic heterocycles. The van der Waals surface area contributed by atoms with Gasteiger partial charge in [0, 0.05) is 6.54 Å². The van der Waals surface area contributed by atoms with Crippen LogP contribution in [0.5, 0.6) is 5.75 Å².